The average Bonchev–Trinajstić information content (AvgIpc) is 2.73. The van der Waals surface area contributed by atoms with Crippen molar-refractivity contribution in [2.24, 2.45) is 0 Å². The van der Waals surface area contributed by atoms with E-state index in [0.717, 1.165) is 0 Å². The summed E-state index contributed by atoms with van der Waals surface area (Å²) >= 11 is 1.37. The maximum absolute atomic E-state index is 13.2. The largest absolute Gasteiger partial charge is 0.497 e. The fourth-order valence-electron chi connectivity index (χ4n) is 3.49. The number of ether oxygens (including phenoxy) is 2. The lowest BCUT2D eigenvalue weighted by Gasteiger charge is -2.49. The maximum Gasteiger partial charge on any atom is 0.408 e. The number of carbonyl (C=O) groups is 4. The number of nitrogens with zero attached hydrogens (tertiary/aromatic N) is 1. The van der Waals surface area contributed by atoms with E-state index < -0.39 is 46.9 Å². The van der Waals surface area contributed by atoms with Crippen LogP contribution in [0.3, 0.4) is 0 Å². The number of carboxylic acid groups (broad SMARTS) is 1. The molecule has 4 atom stereocenters. The van der Waals surface area contributed by atoms with Gasteiger partial charge in [0.05, 0.1) is 7.11 Å². The normalized spacial score (nSPS) is 22.8. The summed E-state index contributed by atoms with van der Waals surface area (Å²) in [6, 6.07) is 4.47. The van der Waals surface area contributed by atoms with Gasteiger partial charge in [-0.05, 0) is 51.5 Å². The molecule has 33 heavy (non-hydrogen) atoms. The highest BCUT2D eigenvalue weighted by molar-refractivity contribution is 8.00. The zero-order valence-corrected chi connectivity index (χ0v) is 19.8. The second-order valence-corrected chi connectivity index (χ2v) is 10.1. The van der Waals surface area contributed by atoms with E-state index in [1.807, 2.05) is 6.92 Å². The van der Waals surface area contributed by atoms with Crippen molar-refractivity contribution in [3.63, 3.8) is 0 Å². The third-order valence-corrected chi connectivity index (χ3v) is 6.27. The minimum absolute atomic E-state index is 0.0969. The number of nitrogens with one attached hydrogen (secondary N) is 2. The lowest BCUT2D eigenvalue weighted by atomic mass is 10.0. The van der Waals surface area contributed by atoms with E-state index in [1.165, 1.54) is 29.8 Å². The van der Waals surface area contributed by atoms with Crippen molar-refractivity contribution < 1.29 is 33.8 Å². The summed E-state index contributed by atoms with van der Waals surface area (Å²) in [7, 11) is 1.51. The first-order chi connectivity index (χ1) is 15.4. The Labute approximate surface area is 195 Å². The topological polar surface area (TPSA) is 134 Å². The molecule has 2 aliphatic heterocycles. The second kappa shape index (κ2) is 9.34. The molecule has 0 aliphatic carbocycles. The van der Waals surface area contributed by atoms with Crippen LogP contribution >= 0.6 is 11.8 Å². The monoisotopic (exact) mass is 477 g/mol. The Morgan fingerprint density at radius 1 is 1.18 bits per heavy atom. The molecule has 10 nitrogen and oxygen atoms in total. The number of hydrogen-bond donors (Lipinski definition) is 3. The van der Waals surface area contributed by atoms with Crippen molar-refractivity contribution in [1.29, 1.82) is 0 Å². The van der Waals surface area contributed by atoms with Crippen LogP contribution in [0.1, 0.15) is 39.3 Å². The van der Waals surface area contributed by atoms with Gasteiger partial charge < -0.3 is 25.2 Å². The molecule has 1 saturated heterocycles. The van der Waals surface area contributed by atoms with Gasteiger partial charge in [-0.2, -0.15) is 0 Å². The van der Waals surface area contributed by atoms with Crippen LogP contribution in [-0.2, 0) is 19.1 Å². The predicted molar refractivity (Wildman–Crippen MR) is 120 cm³/mol. The van der Waals surface area contributed by atoms with Gasteiger partial charge in [-0.3, -0.25) is 14.5 Å². The van der Waals surface area contributed by atoms with Crippen LogP contribution in [0.15, 0.2) is 36.0 Å². The average molecular weight is 478 g/mol. The van der Waals surface area contributed by atoms with Gasteiger partial charge in [0.25, 0.3) is 5.91 Å². The number of hydrogen-bond acceptors (Lipinski definition) is 7. The van der Waals surface area contributed by atoms with Crippen molar-refractivity contribution in [1.82, 2.24) is 15.5 Å². The summed E-state index contributed by atoms with van der Waals surface area (Å²) in [5, 5.41) is 13.9. The Balaban J connectivity index is 1.80. The number of rotatable bonds is 6. The van der Waals surface area contributed by atoms with Gasteiger partial charge >= 0.3 is 12.1 Å². The smallest absolute Gasteiger partial charge is 0.408 e. The third kappa shape index (κ3) is 5.41. The van der Waals surface area contributed by atoms with Crippen LogP contribution in [0.25, 0.3) is 0 Å². The number of benzene rings is 1. The molecule has 0 saturated carbocycles. The van der Waals surface area contributed by atoms with E-state index >= 15 is 0 Å². The standard InChI is InChI=1S/C22H27N3O7S/c1-11-10-14(20(28)29)25-18(27)16(19(25)33-11)23-17(26)15(24-21(30)32-22(2,3)4)12-6-8-13(31-5)9-7-12/h6-11,15-16,19H,1-5H3,(H,23,26)(H,24,30)(H,28,29)/t11?,15?,16?,19-/m1/s1. The molecule has 1 aromatic carbocycles. The molecule has 2 aliphatic rings. The number of alkyl carbamates (subject to hydrolysis) is 1. The molecule has 3 unspecified atom stereocenters. The molecule has 0 radical (unpaired) electrons. The number of fused-ring (bicyclic) bond motifs is 1. The second-order valence-electron chi connectivity index (χ2n) is 8.64. The minimum Gasteiger partial charge on any atom is -0.497 e. The molecule has 1 fully saturated rings. The molecule has 3 rings (SSSR count). The SMILES string of the molecule is COc1ccc(C(NC(=O)OC(C)(C)C)C(=O)NC2C(=O)N3C(C(=O)O)=CC(C)S[C@H]23)cc1. The van der Waals surface area contributed by atoms with Gasteiger partial charge in [0.15, 0.2) is 0 Å². The summed E-state index contributed by atoms with van der Waals surface area (Å²) in [4.78, 5) is 51.0. The molecule has 1 aromatic rings. The van der Waals surface area contributed by atoms with E-state index in [4.69, 9.17) is 9.47 Å². The molecule has 2 heterocycles. The zero-order valence-electron chi connectivity index (χ0n) is 18.9. The fourth-order valence-corrected chi connectivity index (χ4v) is 4.82. The molecular formula is C22H27N3O7S. The maximum atomic E-state index is 13.2. The summed E-state index contributed by atoms with van der Waals surface area (Å²) in [5.74, 6) is -1.77. The van der Waals surface area contributed by atoms with Crippen molar-refractivity contribution in [2.45, 2.75) is 56.0 Å². The Bertz CT molecular complexity index is 987. The minimum atomic E-state index is -1.20. The lowest BCUT2D eigenvalue weighted by molar-refractivity contribution is -0.150. The Kier molecular flexibility index (Phi) is 6.92. The van der Waals surface area contributed by atoms with Crippen molar-refractivity contribution in [3.05, 3.63) is 41.6 Å². The lowest BCUT2D eigenvalue weighted by Crippen LogP contribution is -2.71. The van der Waals surface area contributed by atoms with Gasteiger partial charge in [-0.15, -0.1) is 11.8 Å². The first-order valence-electron chi connectivity index (χ1n) is 10.3. The highest BCUT2D eigenvalue weighted by atomic mass is 32.2. The first-order valence-corrected chi connectivity index (χ1v) is 11.2. The van der Waals surface area contributed by atoms with Crippen molar-refractivity contribution >= 4 is 35.6 Å². The third-order valence-electron chi connectivity index (χ3n) is 4.94. The van der Waals surface area contributed by atoms with Crippen LogP contribution in [0.4, 0.5) is 4.79 Å². The van der Waals surface area contributed by atoms with Gasteiger partial charge in [-0.1, -0.05) is 12.1 Å². The molecule has 11 heteroatoms. The summed E-state index contributed by atoms with van der Waals surface area (Å²) < 4.78 is 10.4. The van der Waals surface area contributed by atoms with Gasteiger partial charge in [0, 0.05) is 5.25 Å². The van der Waals surface area contributed by atoms with E-state index in [-0.39, 0.29) is 10.9 Å². The summed E-state index contributed by atoms with van der Waals surface area (Å²) in [6.45, 7) is 6.92. The number of thioether (sulfide) groups is 1. The van der Waals surface area contributed by atoms with Crippen LogP contribution < -0.4 is 15.4 Å². The van der Waals surface area contributed by atoms with Crippen LogP contribution in [-0.4, -0.2) is 63.3 Å². The first kappa shape index (κ1) is 24.4. The number of methoxy groups -OCH3 is 1. The van der Waals surface area contributed by atoms with Gasteiger partial charge in [0.2, 0.25) is 5.91 Å². The molecule has 0 aromatic heterocycles. The van der Waals surface area contributed by atoms with Crippen molar-refractivity contribution in [3.8, 4) is 5.75 Å². The highest BCUT2D eigenvalue weighted by Crippen LogP contribution is 2.40. The van der Waals surface area contributed by atoms with Gasteiger partial charge in [0.1, 0.15) is 34.5 Å². The molecule has 0 bridgehead atoms. The molecule has 178 valence electrons. The number of amides is 3. The zero-order chi connectivity index (χ0) is 24.5. The van der Waals surface area contributed by atoms with Crippen molar-refractivity contribution in [2.75, 3.05) is 7.11 Å². The molecular weight excluding hydrogens is 450 g/mol. The van der Waals surface area contributed by atoms with Crippen LogP contribution in [0, 0.1) is 0 Å². The quantitative estimate of drug-likeness (QED) is 0.530. The highest BCUT2D eigenvalue weighted by Gasteiger charge is 2.54. The van der Waals surface area contributed by atoms with E-state index in [2.05, 4.69) is 10.6 Å². The van der Waals surface area contributed by atoms with Gasteiger partial charge in [-0.25, -0.2) is 9.59 Å². The van der Waals surface area contributed by atoms with E-state index in [1.54, 1.807) is 45.0 Å². The molecule has 0 spiro atoms. The number of β-lactam (4-membered cyclic amide) rings is 1. The van der Waals surface area contributed by atoms with E-state index in [0.29, 0.717) is 11.3 Å². The number of aliphatic carboxylic acids is 1. The van der Waals surface area contributed by atoms with Crippen LogP contribution in [0.2, 0.25) is 0 Å². The number of carbonyl (C=O) groups excluding carboxylic acids is 3. The van der Waals surface area contributed by atoms with Crippen LogP contribution in [0.5, 0.6) is 5.75 Å². The summed E-state index contributed by atoms with van der Waals surface area (Å²) in [5.41, 5.74) is -0.414. The molecule has 3 amide bonds. The Morgan fingerprint density at radius 3 is 2.36 bits per heavy atom. The molecule has 3 N–H and O–H groups in total. The fraction of sp³-hybridized carbons (Fsp3) is 0.455. The summed E-state index contributed by atoms with van der Waals surface area (Å²) in [6.07, 6.45) is 0.709. The Morgan fingerprint density at radius 2 is 1.82 bits per heavy atom. The number of carboxylic acids is 1. The van der Waals surface area contributed by atoms with E-state index in [9.17, 15) is 24.3 Å². The predicted octanol–water partition coefficient (Wildman–Crippen LogP) is 2.02. The Hall–Kier alpha value is -3.21.